The van der Waals surface area contributed by atoms with Crippen molar-refractivity contribution in [2.45, 2.75) is 33.1 Å². The van der Waals surface area contributed by atoms with Crippen molar-refractivity contribution in [1.29, 1.82) is 0 Å². The SMILES string of the molecule is C=CCCOCCNC(=O)NCC(CC(=O)O)CC(C)C. The summed E-state index contributed by atoms with van der Waals surface area (Å²) in [5.74, 6) is -0.479. The monoisotopic (exact) mass is 300 g/mol. The number of carboxylic acids is 1. The highest BCUT2D eigenvalue weighted by atomic mass is 16.5. The van der Waals surface area contributed by atoms with Crippen molar-refractivity contribution in [1.82, 2.24) is 10.6 Å². The maximum absolute atomic E-state index is 11.6. The summed E-state index contributed by atoms with van der Waals surface area (Å²) < 4.78 is 5.26. The minimum absolute atomic E-state index is 0.0444. The summed E-state index contributed by atoms with van der Waals surface area (Å²) in [5, 5.41) is 14.2. The predicted molar refractivity (Wildman–Crippen MR) is 82.2 cm³/mol. The van der Waals surface area contributed by atoms with Crippen LogP contribution >= 0.6 is 0 Å². The molecule has 6 heteroatoms. The summed E-state index contributed by atoms with van der Waals surface area (Å²) in [6, 6.07) is -0.290. The fourth-order valence-electron chi connectivity index (χ4n) is 1.96. The number of amides is 2. The Morgan fingerprint density at radius 1 is 1.29 bits per heavy atom. The second-order valence-electron chi connectivity index (χ2n) is 5.42. The van der Waals surface area contributed by atoms with E-state index in [1.165, 1.54) is 0 Å². The summed E-state index contributed by atoms with van der Waals surface area (Å²) in [4.78, 5) is 22.3. The van der Waals surface area contributed by atoms with Crippen molar-refractivity contribution < 1.29 is 19.4 Å². The van der Waals surface area contributed by atoms with Crippen LogP contribution in [-0.4, -0.2) is 43.4 Å². The van der Waals surface area contributed by atoms with Crippen molar-refractivity contribution in [2.75, 3.05) is 26.3 Å². The van der Waals surface area contributed by atoms with Gasteiger partial charge in [-0.05, 0) is 24.7 Å². The minimum atomic E-state index is -0.835. The lowest BCUT2D eigenvalue weighted by molar-refractivity contribution is -0.138. The van der Waals surface area contributed by atoms with Crippen molar-refractivity contribution in [3.63, 3.8) is 0 Å². The van der Waals surface area contributed by atoms with Crippen LogP contribution in [0.25, 0.3) is 0 Å². The Balaban J connectivity index is 3.80. The van der Waals surface area contributed by atoms with Gasteiger partial charge >= 0.3 is 12.0 Å². The normalized spacial score (nSPS) is 12.0. The number of carbonyl (C=O) groups excluding carboxylic acids is 1. The van der Waals surface area contributed by atoms with Crippen LogP contribution < -0.4 is 10.6 Å². The molecule has 0 spiro atoms. The molecule has 3 N–H and O–H groups in total. The minimum Gasteiger partial charge on any atom is -0.481 e. The number of hydrogen-bond acceptors (Lipinski definition) is 3. The van der Waals surface area contributed by atoms with Crippen molar-refractivity contribution in [3.05, 3.63) is 12.7 Å². The van der Waals surface area contributed by atoms with Crippen molar-refractivity contribution in [2.24, 2.45) is 11.8 Å². The number of carboxylic acid groups (broad SMARTS) is 1. The van der Waals surface area contributed by atoms with Crippen LogP contribution in [-0.2, 0) is 9.53 Å². The third-order valence-electron chi connectivity index (χ3n) is 2.82. The molecule has 6 nitrogen and oxygen atoms in total. The number of carbonyl (C=O) groups is 2. The lowest BCUT2D eigenvalue weighted by Gasteiger charge is -2.18. The van der Waals surface area contributed by atoms with E-state index in [2.05, 4.69) is 17.2 Å². The third kappa shape index (κ3) is 13.2. The second-order valence-corrected chi connectivity index (χ2v) is 5.42. The van der Waals surface area contributed by atoms with Gasteiger partial charge in [-0.15, -0.1) is 6.58 Å². The van der Waals surface area contributed by atoms with Gasteiger partial charge in [-0.2, -0.15) is 0 Å². The van der Waals surface area contributed by atoms with E-state index >= 15 is 0 Å². The number of urea groups is 1. The molecule has 0 aromatic rings. The van der Waals surface area contributed by atoms with E-state index in [1.807, 2.05) is 13.8 Å². The van der Waals surface area contributed by atoms with E-state index in [1.54, 1.807) is 6.08 Å². The Bertz CT molecular complexity index is 319. The maximum atomic E-state index is 11.6. The van der Waals surface area contributed by atoms with Gasteiger partial charge in [0.05, 0.1) is 13.2 Å². The molecule has 0 heterocycles. The average molecular weight is 300 g/mol. The predicted octanol–water partition coefficient (Wildman–Crippen LogP) is 2.02. The van der Waals surface area contributed by atoms with Crippen molar-refractivity contribution in [3.8, 4) is 0 Å². The Labute approximate surface area is 126 Å². The first-order valence-corrected chi connectivity index (χ1v) is 7.37. The number of hydrogen-bond donors (Lipinski definition) is 3. The lowest BCUT2D eigenvalue weighted by Crippen LogP contribution is -2.40. The van der Waals surface area contributed by atoms with Gasteiger partial charge in [0.2, 0.25) is 0 Å². The molecule has 122 valence electrons. The van der Waals surface area contributed by atoms with Gasteiger partial charge in [-0.25, -0.2) is 4.79 Å². The van der Waals surface area contributed by atoms with E-state index in [-0.39, 0.29) is 18.4 Å². The first-order chi connectivity index (χ1) is 9.95. The first kappa shape index (κ1) is 19.4. The summed E-state index contributed by atoms with van der Waals surface area (Å²) >= 11 is 0. The van der Waals surface area contributed by atoms with E-state index in [9.17, 15) is 9.59 Å². The first-order valence-electron chi connectivity index (χ1n) is 7.37. The molecule has 0 aliphatic heterocycles. The molecule has 0 aromatic heterocycles. The molecular weight excluding hydrogens is 272 g/mol. The molecule has 0 rings (SSSR count). The number of nitrogens with one attached hydrogen (secondary N) is 2. The molecule has 0 saturated carbocycles. The largest absolute Gasteiger partial charge is 0.481 e. The van der Waals surface area contributed by atoms with Gasteiger partial charge in [-0.1, -0.05) is 19.9 Å². The molecule has 0 aliphatic carbocycles. The highest BCUT2D eigenvalue weighted by Crippen LogP contribution is 2.14. The van der Waals surface area contributed by atoms with Crippen molar-refractivity contribution >= 4 is 12.0 Å². The molecule has 1 atom stereocenters. The highest BCUT2D eigenvalue weighted by Gasteiger charge is 2.15. The topological polar surface area (TPSA) is 87.7 Å². The average Bonchev–Trinajstić information content (AvgIpc) is 2.38. The summed E-state index contributed by atoms with van der Waals surface area (Å²) in [7, 11) is 0. The number of ether oxygens (including phenoxy) is 1. The molecule has 21 heavy (non-hydrogen) atoms. The zero-order valence-electron chi connectivity index (χ0n) is 13.1. The van der Waals surface area contributed by atoms with E-state index in [0.717, 1.165) is 12.8 Å². The Hall–Kier alpha value is -1.56. The summed E-state index contributed by atoms with van der Waals surface area (Å²) in [6.07, 6.45) is 3.41. The zero-order valence-corrected chi connectivity index (χ0v) is 13.1. The molecule has 1 unspecified atom stereocenters. The zero-order chi connectivity index (χ0) is 16.1. The van der Waals surface area contributed by atoms with Crippen LogP contribution in [0.1, 0.15) is 33.1 Å². The molecule has 0 saturated heterocycles. The lowest BCUT2D eigenvalue weighted by atomic mass is 9.94. The van der Waals surface area contributed by atoms with Crippen LogP contribution in [0.15, 0.2) is 12.7 Å². The Morgan fingerprint density at radius 3 is 2.57 bits per heavy atom. The molecular formula is C15H28N2O4. The van der Waals surface area contributed by atoms with Gasteiger partial charge in [0.1, 0.15) is 0 Å². The number of aliphatic carboxylic acids is 1. The molecule has 0 bridgehead atoms. The molecule has 0 aromatic carbocycles. The summed E-state index contributed by atoms with van der Waals surface area (Å²) in [6.45, 7) is 9.51. The van der Waals surface area contributed by atoms with Gasteiger partial charge in [0, 0.05) is 19.5 Å². The fourth-order valence-corrected chi connectivity index (χ4v) is 1.96. The van der Waals surface area contributed by atoms with E-state index < -0.39 is 5.97 Å². The molecule has 2 amide bonds. The van der Waals surface area contributed by atoms with Crippen LogP contribution in [0, 0.1) is 11.8 Å². The van der Waals surface area contributed by atoms with Crippen LogP contribution in [0.2, 0.25) is 0 Å². The fraction of sp³-hybridized carbons (Fsp3) is 0.733. The Morgan fingerprint density at radius 2 is 2.00 bits per heavy atom. The summed E-state index contributed by atoms with van der Waals surface area (Å²) in [5.41, 5.74) is 0. The van der Waals surface area contributed by atoms with Gasteiger partial charge in [0.15, 0.2) is 0 Å². The van der Waals surface area contributed by atoms with Gasteiger partial charge in [0.25, 0.3) is 0 Å². The second kappa shape index (κ2) is 12.2. The third-order valence-corrected chi connectivity index (χ3v) is 2.82. The molecule has 0 radical (unpaired) electrons. The van der Waals surface area contributed by atoms with E-state index in [0.29, 0.717) is 32.2 Å². The molecule has 0 fully saturated rings. The van der Waals surface area contributed by atoms with Gasteiger partial charge < -0.3 is 20.5 Å². The Kier molecular flexibility index (Phi) is 11.3. The standard InChI is InChI=1S/C15H28N2O4/c1-4-5-7-21-8-6-16-15(20)17-11-13(9-12(2)3)10-14(18)19/h4,12-13H,1,5-11H2,2-3H3,(H,18,19)(H2,16,17,20). The van der Waals surface area contributed by atoms with E-state index in [4.69, 9.17) is 9.84 Å². The maximum Gasteiger partial charge on any atom is 0.314 e. The molecule has 0 aliphatic rings. The highest BCUT2D eigenvalue weighted by molar-refractivity contribution is 5.74. The van der Waals surface area contributed by atoms with Crippen LogP contribution in [0.5, 0.6) is 0 Å². The quantitative estimate of drug-likeness (QED) is 0.380. The van der Waals surface area contributed by atoms with Crippen LogP contribution in [0.3, 0.4) is 0 Å². The smallest absolute Gasteiger partial charge is 0.314 e. The number of rotatable bonds is 12. The van der Waals surface area contributed by atoms with Crippen LogP contribution in [0.4, 0.5) is 4.79 Å². The van der Waals surface area contributed by atoms with Gasteiger partial charge in [-0.3, -0.25) is 4.79 Å².